The van der Waals surface area contributed by atoms with E-state index in [4.69, 9.17) is 10.1 Å². The molecule has 7 heteroatoms. The Bertz CT molecular complexity index is 428. The van der Waals surface area contributed by atoms with Gasteiger partial charge in [-0.25, -0.2) is 0 Å². The largest absolute Gasteiger partial charge is 0.361 e. The fourth-order valence-corrected chi connectivity index (χ4v) is 1.44. The van der Waals surface area contributed by atoms with Crippen molar-refractivity contribution in [2.45, 2.75) is 13.0 Å². The number of amides is 1. The normalized spacial score (nSPS) is 15.7. The van der Waals surface area contributed by atoms with E-state index in [0.717, 1.165) is 0 Å². The van der Waals surface area contributed by atoms with Crippen molar-refractivity contribution in [2.75, 3.05) is 13.1 Å². The Morgan fingerprint density at radius 2 is 2.53 bits per heavy atom. The third kappa shape index (κ3) is 1.64. The first-order chi connectivity index (χ1) is 7.22. The van der Waals surface area contributed by atoms with Gasteiger partial charge >= 0.3 is 0 Å². The summed E-state index contributed by atoms with van der Waals surface area (Å²) in [7, 11) is 0. The molecule has 2 rings (SSSR count). The highest BCUT2D eigenvalue weighted by atomic mass is 16.5. The summed E-state index contributed by atoms with van der Waals surface area (Å²) in [5, 5.41) is 7.05. The number of rotatable bonds is 2. The molecular weight excluding hydrogens is 198 g/mol. The highest BCUT2D eigenvalue weighted by Gasteiger charge is 2.31. The number of aromatic nitrogens is 1. The molecule has 0 radical (unpaired) electrons. The van der Waals surface area contributed by atoms with Gasteiger partial charge in [-0.05, 0) is 12.5 Å². The Morgan fingerprint density at radius 3 is 3.07 bits per heavy atom. The molecule has 1 saturated heterocycles. The van der Waals surface area contributed by atoms with Crippen molar-refractivity contribution < 1.29 is 9.32 Å². The molecular formula is C8H9N5O2. The summed E-state index contributed by atoms with van der Waals surface area (Å²) in [6.45, 7) is 2.62. The van der Waals surface area contributed by atoms with Crippen molar-refractivity contribution in [3.63, 3.8) is 0 Å². The van der Waals surface area contributed by atoms with E-state index in [1.165, 1.54) is 6.20 Å². The molecule has 1 aromatic heterocycles. The first-order valence-corrected chi connectivity index (χ1v) is 4.47. The molecule has 1 aliphatic rings. The molecule has 0 N–H and O–H groups in total. The number of likely N-dealkylation sites (tertiary alicyclic amines) is 1. The molecule has 0 saturated carbocycles. The van der Waals surface area contributed by atoms with Gasteiger partial charge in [-0.3, -0.25) is 4.79 Å². The third-order valence-electron chi connectivity index (χ3n) is 2.35. The first-order valence-electron chi connectivity index (χ1n) is 4.47. The highest BCUT2D eigenvalue weighted by molar-refractivity contribution is 5.95. The SMILES string of the molecule is Cc1oncc1C(=O)N1CC(N=[N+]=[N-])C1. The molecule has 1 amide bonds. The zero-order chi connectivity index (χ0) is 10.8. The van der Waals surface area contributed by atoms with Gasteiger partial charge in [0.1, 0.15) is 11.3 Å². The van der Waals surface area contributed by atoms with Crippen LogP contribution in [0.5, 0.6) is 0 Å². The van der Waals surface area contributed by atoms with Gasteiger partial charge in [-0.1, -0.05) is 10.3 Å². The average molecular weight is 207 g/mol. The number of nitrogens with zero attached hydrogens (tertiary/aromatic N) is 5. The molecule has 0 aliphatic carbocycles. The summed E-state index contributed by atoms with van der Waals surface area (Å²) >= 11 is 0. The Balaban J connectivity index is 2.01. The van der Waals surface area contributed by atoms with Crippen LogP contribution in [0.25, 0.3) is 10.4 Å². The van der Waals surface area contributed by atoms with Crippen molar-refractivity contribution in [3.05, 3.63) is 28.0 Å². The van der Waals surface area contributed by atoms with Crippen LogP contribution in [-0.2, 0) is 0 Å². The van der Waals surface area contributed by atoms with E-state index < -0.39 is 0 Å². The van der Waals surface area contributed by atoms with E-state index in [1.807, 2.05) is 0 Å². The van der Waals surface area contributed by atoms with Gasteiger partial charge in [0.15, 0.2) is 0 Å². The highest BCUT2D eigenvalue weighted by Crippen LogP contribution is 2.17. The molecule has 0 aromatic carbocycles. The van der Waals surface area contributed by atoms with E-state index in [0.29, 0.717) is 24.4 Å². The number of carbonyl (C=O) groups is 1. The number of carbonyl (C=O) groups excluding carboxylic acids is 1. The third-order valence-corrected chi connectivity index (χ3v) is 2.35. The van der Waals surface area contributed by atoms with Gasteiger partial charge in [0, 0.05) is 18.0 Å². The van der Waals surface area contributed by atoms with Crippen molar-refractivity contribution in [1.29, 1.82) is 0 Å². The molecule has 0 spiro atoms. The lowest BCUT2D eigenvalue weighted by Gasteiger charge is -2.36. The Morgan fingerprint density at radius 1 is 1.80 bits per heavy atom. The predicted molar refractivity (Wildman–Crippen MR) is 50.1 cm³/mol. The van der Waals surface area contributed by atoms with Gasteiger partial charge in [0.2, 0.25) is 0 Å². The van der Waals surface area contributed by atoms with E-state index in [2.05, 4.69) is 15.2 Å². The standard InChI is InChI=1S/C8H9N5O2/c1-5-7(2-10-15-5)8(14)13-3-6(4-13)11-12-9/h2,6H,3-4H2,1H3. The summed E-state index contributed by atoms with van der Waals surface area (Å²) in [6, 6.07) is -0.0980. The summed E-state index contributed by atoms with van der Waals surface area (Å²) < 4.78 is 4.80. The second-order valence-electron chi connectivity index (χ2n) is 3.36. The maximum Gasteiger partial charge on any atom is 0.259 e. The second-order valence-corrected chi connectivity index (χ2v) is 3.36. The molecule has 1 aromatic rings. The average Bonchev–Trinajstić information content (AvgIpc) is 2.56. The zero-order valence-corrected chi connectivity index (χ0v) is 8.12. The monoisotopic (exact) mass is 207 g/mol. The number of hydrogen-bond acceptors (Lipinski definition) is 4. The molecule has 1 fully saturated rings. The van der Waals surface area contributed by atoms with Crippen LogP contribution in [0, 0.1) is 6.92 Å². The van der Waals surface area contributed by atoms with Crippen LogP contribution in [0.2, 0.25) is 0 Å². The Labute approximate surface area is 85.3 Å². The van der Waals surface area contributed by atoms with Crippen LogP contribution < -0.4 is 0 Å². The van der Waals surface area contributed by atoms with E-state index in [1.54, 1.807) is 11.8 Å². The van der Waals surface area contributed by atoms with E-state index in [9.17, 15) is 4.79 Å². The molecule has 0 bridgehead atoms. The fraction of sp³-hybridized carbons (Fsp3) is 0.500. The lowest BCUT2D eigenvalue weighted by Crippen LogP contribution is -2.52. The van der Waals surface area contributed by atoms with Crippen LogP contribution in [0.15, 0.2) is 15.8 Å². The number of hydrogen-bond donors (Lipinski definition) is 0. The first kappa shape index (κ1) is 9.54. The maximum absolute atomic E-state index is 11.7. The van der Waals surface area contributed by atoms with Gasteiger partial charge in [-0.15, -0.1) is 0 Å². The molecule has 7 nitrogen and oxygen atoms in total. The zero-order valence-electron chi connectivity index (χ0n) is 8.12. The Kier molecular flexibility index (Phi) is 2.31. The molecule has 0 unspecified atom stereocenters. The van der Waals surface area contributed by atoms with Crippen LogP contribution in [0.3, 0.4) is 0 Å². The minimum atomic E-state index is -0.127. The van der Waals surface area contributed by atoms with Crippen molar-refractivity contribution in [2.24, 2.45) is 5.11 Å². The van der Waals surface area contributed by atoms with Gasteiger partial charge < -0.3 is 9.42 Å². The lowest BCUT2D eigenvalue weighted by molar-refractivity contribution is 0.0607. The second kappa shape index (κ2) is 3.62. The topological polar surface area (TPSA) is 95.1 Å². The summed E-state index contributed by atoms with van der Waals surface area (Å²) in [5.41, 5.74) is 8.65. The summed E-state index contributed by atoms with van der Waals surface area (Å²) in [4.78, 5) is 16.0. The number of aryl methyl sites for hydroxylation is 1. The minimum Gasteiger partial charge on any atom is -0.361 e. The van der Waals surface area contributed by atoms with E-state index in [-0.39, 0.29) is 11.9 Å². The summed E-state index contributed by atoms with van der Waals surface area (Å²) in [5.74, 6) is 0.380. The van der Waals surface area contributed by atoms with Crippen LogP contribution in [0.1, 0.15) is 16.1 Å². The van der Waals surface area contributed by atoms with Crippen molar-refractivity contribution in [3.8, 4) is 0 Å². The fourth-order valence-electron chi connectivity index (χ4n) is 1.44. The smallest absolute Gasteiger partial charge is 0.259 e. The quantitative estimate of drug-likeness (QED) is 0.413. The lowest BCUT2D eigenvalue weighted by atomic mass is 10.1. The summed E-state index contributed by atoms with van der Waals surface area (Å²) in [6.07, 6.45) is 1.40. The van der Waals surface area contributed by atoms with Gasteiger partial charge in [-0.2, -0.15) is 0 Å². The Hall–Kier alpha value is -2.01. The van der Waals surface area contributed by atoms with Crippen LogP contribution >= 0.6 is 0 Å². The molecule has 78 valence electrons. The van der Waals surface area contributed by atoms with E-state index >= 15 is 0 Å². The molecule has 1 aliphatic heterocycles. The predicted octanol–water partition coefficient (Wildman–Crippen LogP) is 1.12. The van der Waals surface area contributed by atoms with Gasteiger partial charge in [0.25, 0.3) is 5.91 Å². The van der Waals surface area contributed by atoms with Crippen molar-refractivity contribution >= 4 is 5.91 Å². The molecule has 15 heavy (non-hydrogen) atoms. The molecule has 0 atom stereocenters. The number of azide groups is 1. The maximum atomic E-state index is 11.7. The van der Waals surface area contributed by atoms with Crippen LogP contribution in [-0.4, -0.2) is 35.1 Å². The minimum absolute atomic E-state index is 0.0980. The van der Waals surface area contributed by atoms with Crippen LogP contribution in [0.4, 0.5) is 0 Å². The molecule has 2 heterocycles. The van der Waals surface area contributed by atoms with Gasteiger partial charge in [0.05, 0.1) is 12.2 Å². The van der Waals surface area contributed by atoms with Crippen molar-refractivity contribution in [1.82, 2.24) is 10.1 Å².